The second kappa shape index (κ2) is 5.96. The largest absolute Gasteiger partial charge is 0.487 e. The van der Waals surface area contributed by atoms with Gasteiger partial charge in [-0.25, -0.2) is 0 Å². The van der Waals surface area contributed by atoms with Gasteiger partial charge in [-0.2, -0.15) is 0 Å². The molecule has 0 radical (unpaired) electrons. The van der Waals surface area contributed by atoms with E-state index < -0.39 is 0 Å². The third-order valence-corrected chi connectivity index (χ3v) is 2.75. The Bertz CT molecular complexity index is 574. The number of anilines is 2. The van der Waals surface area contributed by atoms with Gasteiger partial charge in [0.05, 0.1) is 5.69 Å². The molecular weight excluding hydrogens is 236 g/mol. The number of ether oxygens (including phenoxy) is 1. The molecule has 3 nitrogen and oxygen atoms in total. The van der Waals surface area contributed by atoms with Crippen LogP contribution in [0.5, 0.6) is 5.75 Å². The van der Waals surface area contributed by atoms with Crippen LogP contribution >= 0.6 is 0 Å². The minimum Gasteiger partial charge on any atom is -0.487 e. The summed E-state index contributed by atoms with van der Waals surface area (Å²) in [6.07, 6.45) is 3.94. The lowest BCUT2D eigenvalue weighted by atomic mass is 10.2. The molecule has 2 aromatic rings. The molecule has 0 fully saturated rings. The summed E-state index contributed by atoms with van der Waals surface area (Å²) in [5.74, 6) is 0.715. The highest BCUT2D eigenvalue weighted by Crippen LogP contribution is 2.22. The van der Waals surface area contributed by atoms with E-state index in [1.807, 2.05) is 61.5 Å². The SMILES string of the molecule is Cc1ccc(OC/C=C/c2ccc(N)cc2)c(N)c1. The molecule has 0 aliphatic rings. The zero-order valence-corrected chi connectivity index (χ0v) is 11.0. The van der Waals surface area contributed by atoms with Crippen LogP contribution < -0.4 is 16.2 Å². The molecule has 0 bridgehead atoms. The van der Waals surface area contributed by atoms with Crippen LogP contribution in [0.4, 0.5) is 11.4 Å². The lowest BCUT2D eigenvalue weighted by Gasteiger charge is -2.07. The minimum atomic E-state index is 0.484. The first kappa shape index (κ1) is 13.0. The minimum absolute atomic E-state index is 0.484. The van der Waals surface area contributed by atoms with Gasteiger partial charge in [0.2, 0.25) is 0 Å². The summed E-state index contributed by atoms with van der Waals surface area (Å²) >= 11 is 0. The topological polar surface area (TPSA) is 61.3 Å². The quantitative estimate of drug-likeness (QED) is 0.823. The van der Waals surface area contributed by atoms with Gasteiger partial charge in [-0.1, -0.05) is 24.3 Å². The fourth-order valence-corrected chi connectivity index (χ4v) is 1.73. The predicted octanol–water partition coefficient (Wildman–Crippen LogP) is 3.25. The van der Waals surface area contributed by atoms with Gasteiger partial charge in [-0.05, 0) is 48.4 Å². The fourth-order valence-electron chi connectivity index (χ4n) is 1.73. The summed E-state index contributed by atoms with van der Waals surface area (Å²) in [5.41, 5.74) is 15.1. The molecule has 0 aliphatic carbocycles. The average molecular weight is 254 g/mol. The molecule has 0 saturated heterocycles. The van der Waals surface area contributed by atoms with Crippen molar-refractivity contribution in [3.63, 3.8) is 0 Å². The summed E-state index contributed by atoms with van der Waals surface area (Å²) in [7, 11) is 0. The summed E-state index contributed by atoms with van der Waals surface area (Å²) < 4.78 is 5.60. The molecule has 98 valence electrons. The Morgan fingerprint density at radius 1 is 1.05 bits per heavy atom. The second-order valence-corrected chi connectivity index (χ2v) is 4.42. The molecule has 2 rings (SSSR count). The standard InChI is InChI=1S/C16H18N2O/c1-12-4-9-16(15(18)11-12)19-10-2-3-13-5-7-14(17)8-6-13/h2-9,11H,10,17-18H2,1H3/b3-2+. The molecule has 0 saturated carbocycles. The summed E-state index contributed by atoms with van der Waals surface area (Å²) in [6.45, 7) is 2.48. The maximum Gasteiger partial charge on any atom is 0.142 e. The van der Waals surface area contributed by atoms with Crippen molar-refractivity contribution in [2.45, 2.75) is 6.92 Å². The molecule has 4 N–H and O–H groups in total. The molecular formula is C16H18N2O. The molecule has 2 aromatic carbocycles. The summed E-state index contributed by atoms with van der Waals surface area (Å²) in [4.78, 5) is 0. The van der Waals surface area contributed by atoms with Crippen molar-refractivity contribution in [1.29, 1.82) is 0 Å². The maximum atomic E-state index is 5.87. The number of hydrogen-bond acceptors (Lipinski definition) is 3. The third-order valence-electron chi connectivity index (χ3n) is 2.75. The van der Waals surface area contributed by atoms with Gasteiger partial charge in [-0.3, -0.25) is 0 Å². The molecule has 0 aliphatic heterocycles. The number of nitrogen functional groups attached to an aromatic ring is 2. The number of rotatable bonds is 4. The number of nitrogens with two attached hydrogens (primary N) is 2. The van der Waals surface area contributed by atoms with E-state index in [1.165, 1.54) is 0 Å². The van der Waals surface area contributed by atoms with Crippen molar-refractivity contribution in [3.8, 4) is 5.75 Å². The van der Waals surface area contributed by atoms with Gasteiger partial charge in [0.15, 0.2) is 0 Å². The molecule has 0 unspecified atom stereocenters. The summed E-state index contributed by atoms with van der Waals surface area (Å²) in [5, 5.41) is 0. The van der Waals surface area contributed by atoms with Gasteiger partial charge in [0.25, 0.3) is 0 Å². The van der Waals surface area contributed by atoms with Crippen LogP contribution in [0.25, 0.3) is 6.08 Å². The Hall–Kier alpha value is -2.42. The highest BCUT2D eigenvalue weighted by molar-refractivity contribution is 5.55. The molecule has 3 heteroatoms. The smallest absolute Gasteiger partial charge is 0.142 e. The van der Waals surface area contributed by atoms with E-state index in [0.717, 1.165) is 16.8 Å². The zero-order valence-electron chi connectivity index (χ0n) is 11.0. The Morgan fingerprint density at radius 2 is 1.79 bits per heavy atom. The van der Waals surface area contributed by atoms with E-state index in [4.69, 9.17) is 16.2 Å². The Kier molecular flexibility index (Phi) is 4.08. The fraction of sp³-hybridized carbons (Fsp3) is 0.125. The van der Waals surface area contributed by atoms with Crippen LogP contribution in [-0.4, -0.2) is 6.61 Å². The van der Waals surface area contributed by atoms with Gasteiger partial charge < -0.3 is 16.2 Å². The van der Waals surface area contributed by atoms with Crippen LogP contribution in [0.3, 0.4) is 0 Å². The highest BCUT2D eigenvalue weighted by Gasteiger charge is 1.98. The van der Waals surface area contributed by atoms with E-state index in [1.54, 1.807) is 0 Å². The summed E-state index contributed by atoms with van der Waals surface area (Å²) in [6, 6.07) is 13.4. The van der Waals surface area contributed by atoms with Crippen molar-refractivity contribution in [3.05, 3.63) is 59.7 Å². The molecule has 0 heterocycles. The van der Waals surface area contributed by atoms with E-state index in [9.17, 15) is 0 Å². The van der Waals surface area contributed by atoms with Crippen LogP contribution in [-0.2, 0) is 0 Å². The number of benzene rings is 2. The molecule has 19 heavy (non-hydrogen) atoms. The normalized spacial score (nSPS) is 10.8. The van der Waals surface area contributed by atoms with E-state index >= 15 is 0 Å². The average Bonchev–Trinajstić information content (AvgIpc) is 2.39. The van der Waals surface area contributed by atoms with Crippen molar-refractivity contribution in [1.82, 2.24) is 0 Å². The molecule has 0 amide bonds. The first-order valence-electron chi connectivity index (χ1n) is 6.16. The second-order valence-electron chi connectivity index (χ2n) is 4.42. The number of hydrogen-bond donors (Lipinski definition) is 2. The van der Waals surface area contributed by atoms with E-state index in [0.29, 0.717) is 18.0 Å². The number of aryl methyl sites for hydroxylation is 1. The van der Waals surface area contributed by atoms with E-state index in [-0.39, 0.29) is 0 Å². The third kappa shape index (κ3) is 3.78. The van der Waals surface area contributed by atoms with Gasteiger partial charge in [0.1, 0.15) is 12.4 Å². The molecule has 0 spiro atoms. The Morgan fingerprint density at radius 3 is 2.47 bits per heavy atom. The zero-order chi connectivity index (χ0) is 13.7. The van der Waals surface area contributed by atoms with Gasteiger partial charge in [0, 0.05) is 5.69 Å². The van der Waals surface area contributed by atoms with Crippen molar-refractivity contribution >= 4 is 17.5 Å². The maximum absolute atomic E-state index is 5.87. The van der Waals surface area contributed by atoms with Gasteiger partial charge in [-0.15, -0.1) is 0 Å². The van der Waals surface area contributed by atoms with Crippen molar-refractivity contribution in [2.75, 3.05) is 18.1 Å². The van der Waals surface area contributed by atoms with Gasteiger partial charge >= 0.3 is 0 Å². The Balaban J connectivity index is 1.91. The van der Waals surface area contributed by atoms with E-state index in [2.05, 4.69) is 0 Å². The van der Waals surface area contributed by atoms with Crippen LogP contribution in [0.2, 0.25) is 0 Å². The predicted molar refractivity (Wildman–Crippen MR) is 81.0 cm³/mol. The molecule has 0 aromatic heterocycles. The van der Waals surface area contributed by atoms with Crippen LogP contribution in [0.1, 0.15) is 11.1 Å². The first-order chi connectivity index (χ1) is 9.15. The lowest BCUT2D eigenvalue weighted by molar-refractivity contribution is 0.365. The van der Waals surface area contributed by atoms with Crippen LogP contribution in [0, 0.1) is 6.92 Å². The monoisotopic (exact) mass is 254 g/mol. The Labute approximate surface area is 113 Å². The lowest BCUT2D eigenvalue weighted by Crippen LogP contribution is -1.98. The van der Waals surface area contributed by atoms with Crippen LogP contribution in [0.15, 0.2) is 48.5 Å². The first-order valence-corrected chi connectivity index (χ1v) is 6.16. The van der Waals surface area contributed by atoms with Crippen molar-refractivity contribution < 1.29 is 4.74 Å². The van der Waals surface area contributed by atoms with Crippen molar-refractivity contribution in [2.24, 2.45) is 0 Å². The highest BCUT2D eigenvalue weighted by atomic mass is 16.5. The molecule has 0 atom stereocenters.